The van der Waals surface area contributed by atoms with Crippen LogP contribution in [0.2, 0.25) is 5.02 Å². The molecule has 6 nitrogen and oxygen atoms in total. The number of anilines is 1. The molecule has 3 rings (SSSR count). The van der Waals surface area contributed by atoms with Crippen molar-refractivity contribution in [2.45, 2.75) is 12.8 Å². The monoisotopic (exact) mass is 348 g/mol. The van der Waals surface area contributed by atoms with Crippen molar-refractivity contribution in [1.29, 1.82) is 0 Å². The van der Waals surface area contributed by atoms with Crippen LogP contribution in [-0.2, 0) is 18.3 Å². The third-order valence-corrected chi connectivity index (χ3v) is 4.39. The molecule has 0 aliphatic carbocycles. The van der Waals surface area contributed by atoms with E-state index >= 15 is 0 Å². The molecule has 1 amide bonds. The summed E-state index contributed by atoms with van der Waals surface area (Å²) in [4.78, 5) is 27.6. The van der Waals surface area contributed by atoms with Crippen LogP contribution < -0.4 is 10.9 Å². The van der Waals surface area contributed by atoms with Crippen molar-refractivity contribution in [1.82, 2.24) is 14.8 Å². The Labute approximate surface area is 140 Å². The van der Waals surface area contributed by atoms with Gasteiger partial charge in [0.05, 0.1) is 15.9 Å². The van der Waals surface area contributed by atoms with E-state index in [1.807, 2.05) is 12.1 Å². The fourth-order valence-electron chi connectivity index (χ4n) is 2.06. The number of benzene rings is 1. The summed E-state index contributed by atoms with van der Waals surface area (Å²) in [6.45, 7) is 0. The highest BCUT2D eigenvalue weighted by Crippen LogP contribution is 2.28. The molecule has 23 heavy (non-hydrogen) atoms. The van der Waals surface area contributed by atoms with Crippen molar-refractivity contribution in [2.75, 3.05) is 5.32 Å². The molecule has 1 N–H and O–H groups in total. The average molecular weight is 349 g/mol. The van der Waals surface area contributed by atoms with Crippen LogP contribution in [0, 0.1) is 0 Å². The van der Waals surface area contributed by atoms with Crippen molar-refractivity contribution in [3.63, 3.8) is 0 Å². The highest BCUT2D eigenvalue weighted by atomic mass is 35.5. The maximum absolute atomic E-state index is 12.0. The van der Waals surface area contributed by atoms with Crippen molar-refractivity contribution in [2.24, 2.45) is 7.05 Å². The lowest BCUT2D eigenvalue weighted by Gasteiger charge is -2.03. The van der Waals surface area contributed by atoms with Crippen LogP contribution in [0.3, 0.4) is 0 Å². The largest absolute Gasteiger partial charge is 0.302 e. The fourth-order valence-corrected chi connectivity index (χ4v) is 3.22. The van der Waals surface area contributed by atoms with E-state index in [4.69, 9.17) is 11.6 Å². The van der Waals surface area contributed by atoms with Gasteiger partial charge in [-0.1, -0.05) is 22.9 Å². The minimum Gasteiger partial charge on any atom is -0.302 e. The third-order valence-electron chi connectivity index (χ3n) is 3.22. The SMILES string of the molecule is Cn1nc(CCC(=O)Nc2nc3ccc(Cl)cc3s2)ccc1=O. The van der Waals surface area contributed by atoms with E-state index in [1.54, 1.807) is 19.2 Å². The third kappa shape index (κ3) is 3.75. The lowest BCUT2D eigenvalue weighted by atomic mass is 10.2. The maximum atomic E-state index is 12.0. The Morgan fingerprint density at radius 1 is 1.35 bits per heavy atom. The number of thiazole rings is 1. The Morgan fingerprint density at radius 2 is 2.17 bits per heavy atom. The van der Waals surface area contributed by atoms with Crippen molar-refractivity contribution < 1.29 is 4.79 Å². The average Bonchev–Trinajstić information content (AvgIpc) is 2.89. The predicted octanol–water partition coefficient (Wildman–Crippen LogP) is 2.61. The molecule has 0 saturated heterocycles. The molecule has 1 aromatic carbocycles. The molecule has 0 fully saturated rings. The van der Waals surface area contributed by atoms with Gasteiger partial charge in [0.2, 0.25) is 5.91 Å². The zero-order valence-corrected chi connectivity index (χ0v) is 13.8. The Hall–Kier alpha value is -2.25. The molecule has 118 valence electrons. The summed E-state index contributed by atoms with van der Waals surface area (Å²) in [6, 6.07) is 8.48. The first kappa shape index (κ1) is 15.6. The Bertz CT molecular complexity index is 935. The van der Waals surface area contributed by atoms with Crippen LogP contribution in [0.4, 0.5) is 5.13 Å². The maximum Gasteiger partial charge on any atom is 0.266 e. The summed E-state index contributed by atoms with van der Waals surface area (Å²) in [5, 5.41) is 8.05. The summed E-state index contributed by atoms with van der Waals surface area (Å²) in [5.74, 6) is -0.147. The number of hydrogen-bond acceptors (Lipinski definition) is 5. The number of nitrogens with zero attached hydrogens (tertiary/aromatic N) is 3. The Kier molecular flexibility index (Phi) is 4.40. The molecule has 0 bridgehead atoms. The number of carbonyl (C=O) groups excluding carboxylic acids is 1. The number of amides is 1. The Balaban J connectivity index is 1.63. The molecule has 0 aliphatic heterocycles. The van der Waals surface area contributed by atoms with Gasteiger partial charge in [-0.2, -0.15) is 5.10 Å². The number of nitrogens with one attached hydrogen (secondary N) is 1. The van der Waals surface area contributed by atoms with Crippen molar-refractivity contribution in [3.8, 4) is 0 Å². The van der Waals surface area contributed by atoms with Gasteiger partial charge in [0, 0.05) is 31.0 Å². The van der Waals surface area contributed by atoms with Crippen LogP contribution in [-0.4, -0.2) is 20.7 Å². The predicted molar refractivity (Wildman–Crippen MR) is 91.1 cm³/mol. The number of aromatic nitrogens is 3. The molecule has 0 atom stereocenters. The normalized spacial score (nSPS) is 10.9. The van der Waals surface area contributed by atoms with Gasteiger partial charge in [0.15, 0.2) is 5.13 Å². The van der Waals surface area contributed by atoms with Gasteiger partial charge < -0.3 is 5.32 Å². The molecule has 2 heterocycles. The van der Waals surface area contributed by atoms with Gasteiger partial charge in [0.1, 0.15) is 0 Å². The fraction of sp³-hybridized carbons (Fsp3) is 0.200. The van der Waals surface area contributed by atoms with Crippen LogP contribution in [0.25, 0.3) is 10.2 Å². The lowest BCUT2D eigenvalue weighted by Crippen LogP contribution is -2.20. The first-order valence-corrected chi connectivity index (χ1v) is 8.10. The molecule has 2 aromatic heterocycles. The number of aryl methyl sites for hydroxylation is 2. The number of carbonyl (C=O) groups is 1. The zero-order chi connectivity index (χ0) is 16.4. The first-order valence-electron chi connectivity index (χ1n) is 6.90. The van der Waals surface area contributed by atoms with E-state index in [9.17, 15) is 9.59 Å². The van der Waals surface area contributed by atoms with Crippen LogP contribution in [0.5, 0.6) is 0 Å². The molecule has 3 aromatic rings. The van der Waals surface area contributed by atoms with E-state index in [0.29, 0.717) is 22.3 Å². The molecule has 8 heteroatoms. The van der Waals surface area contributed by atoms with Gasteiger partial charge in [-0.15, -0.1) is 0 Å². The van der Waals surface area contributed by atoms with Crippen LogP contribution in [0.15, 0.2) is 35.1 Å². The number of halogens is 1. The summed E-state index contributed by atoms with van der Waals surface area (Å²) in [7, 11) is 1.58. The molecule has 0 radical (unpaired) electrons. The van der Waals surface area contributed by atoms with Crippen molar-refractivity contribution in [3.05, 3.63) is 51.4 Å². The minimum atomic E-state index is -0.175. The smallest absolute Gasteiger partial charge is 0.266 e. The minimum absolute atomic E-state index is 0.147. The van der Waals surface area contributed by atoms with Gasteiger partial charge >= 0.3 is 0 Å². The molecule has 0 spiro atoms. The van der Waals surface area contributed by atoms with Crippen molar-refractivity contribution >= 4 is 44.2 Å². The van der Waals surface area contributed by atoms with Gasteiger partial charge in [-0.3, -0.25) is 9.59 Å². The quantitative estimate of drug-likeness (QED) is 0.786. The number of rotatable bonds is 4. The van der Waals surface area contributed by atoms with E-state index in [2.05, 4.69) is 15.4 Å². The zero-order valence-electron chi connectivity index (χ0n) is 12.2. The number of fused-ring (bicyclic) bond motifs is 1. The van der Waals surface area contributed by atoms with Gasteiger partial charge in [-0.05, 0) is 24.3 Å². The standard InChI is InChI=1S/C15H13ClN4O2S/c1-20-14(22)7-4-10(19-20)3-6-13(21)18-15-17-11-5-2-9(16)8-12(11)23-15/h2,4-5,7-8H,3,6H2,1H3,(H,17,18,21). The summed E-state index contributed by atoms with van der Waals surface area (Å²) >= 11 is 7.31. The van der Waals surface area contributed by atoms with Crippen LogP contribution >= 0.6 is 22.9 Å². The second-order valence-electron chi connectivity index (χ2n) is 4.97. The number of hydrogen-bond donors (Lipinski definition) is 1. The lowest BCUT2D eigenvalue weighted by molar-refractivity contribution is -0.116. The molecule has 0 saturated carbocycles. The highest BCUT2D eigenvalue weighted by Gasteiger charge is 2.09. The second-order valence-corrected chi connectivity index (χ2v) is 6.43. The highest BCUT2D eigenvalue weighted by molar-refractivity contribution is 7.22. The van der Waals surface area contributed by atoms with Gasteiger partial charge in [-0.25, -0.2) is 9.67 Å². The van der Waals surface area contributed by atoms with Gasteiger partial charge in [0.25, 0.3) is 5.56 Å². The summed E-state index contributed by atoms with van der Waals surface area (Å²) < 4.78 is 2.18. The summed E-state index contributed by atoms with van der Waals surface area (Å²) in [5.41, 5.74) is 1.32. The molecule has 0 unspecified atom stereocenters. The van der Waals surface area contributed by atoms with Crippen LogP contribution in [0.1, 0.15) is 12.1 Å². The first-order chi connectivity index (χ1) is 11.0. The summed E-state index contributed by atoms with van der Waals surface area (Å²) in [6.07, 6.45) is 0.721. The van der Waals surface area contributed by atoms with E-state index in [1.165, 1.54) is 22.1 Å². The topological polar surface area (TPSA) is 76.9 Å². The molecule has 0 aliphatic rings. The molecular weight excluding hydrogens is 336 g/mol. The van der Waals surface area contributed by atoms with E-state index in [0.717, 1.165) is 10.2 Å². The second kappa shape index (κ2) is 6.47. The van der Waals surface area contributed by atoms with E-state index in [-0.39, 0.29) is 17.9 Å². The molecular formula is C15H13ClN4O2S. The Morgan fingerprint density at radius 3 is 2.96 bits per heavy atom. The van der Waals surface area contributed by atoms with E-state index < -0.39 is 0 Å².